The van der Waals surface area contributed by atoms with Crippen LogP contribution in [0.3, 0.4) is 0 Å². The number of pyridine rings is 1. The number of aliphatic imine (C=N–C) groups is 1. The fourth-order valence-electron chi connectivity index (χ4n) is 3.03. The van der Waals surface area contributed by atoms with Gasteiger partial charge in [-0.3, -0.25) is 14.5 Å². The zero-order valence-corrected chi connectivity index (χ0v) is 14.1. The van der Waals surface area contributed by atoms with Gasteiger partial charge in [0.1, 0.15) is 0 Å². The van der Waals surface area contributed by atoms with Crippen molar-refractivity contribution in [2.75, 3.05) is 0 Å². The van der Waals surface area contributed by atoms with Gasteiger partial charge in [-0.15, -0.1) is 0 Å². The summed E-state index contributed by atoms with van der Waals surface area (Å²) in [5.41, 5.74) is 5.62. The van der Waals surface area contributed by atoms with Crippen LogP contribution in [0.1, 0.15) is 16.8 Å². The molecule has 1 aliphatic heterocycles. The van der Waals surface area contributed by atoms with Gasteiger partial charge in [0.15, 0.2) is 0 Å². The topological polar surface area (TPSA) is 52.2 Å². The molecule has 0 bridgehead atoms. The van der Waals surface area contributed by atoms with E-state index in [4.69, 9.17) is 16.6 Å². The quantitative estimate of drug-likeness (QED) is 0.685. The molecule has 0 aliphatic carbocycles. The van der Waals surface area contributed by atoms with Crippen molar-refractivity contribution in [1.82, 2.24) is 14.3 Å². The first-order valence-corrected chi connectivity index (χ1v) is 7.95. The average Bonchev–Trinajstić information content (AvgIpc) is 2.86. The first-order chi connectivity index (χ1) is 11.5. The minimum Gasteiger partial charge on any atom is -0.318 e. The lowest BCUT2D eigenvalue weighted by atomic mass is 9.99. The fraction of sp³-hybridized carbons (Fsp3) is 0.167. The van der Waals surface area contributed by atoms with E-state index in [9.17, 15) is 4.79 Å². The number of nitrogens with zero attached hydrogens (tertiary/aromatic N) is 4. The smallest absolute Gasteiger partial charge is 0.250 e. The van der Waals surface area contributed by atoms with Gasteiger partial charge in [0.25, 0.3) is 5.56 Å². The summed E-state index contributed by atoms with van der Waals surface area (Å²) in [7, 11) is 3.65. The molecule has 1 aliphatic rings. The molecule has 6 heteroatoms. The van der Waals surface area contributed by atoms with Crippen LogP contribution in [0, 0.1) is 0 Å². The second-order valence-electron chi connectivity index (χ2n) is 5.86. The van der Waals surface area contributed by atoms with Gasteiger partial charge in [-0.2, -0.15) is 5.10 Å². The molecule has 2 aromatic heterocycles. The normalized spacial score (nSPS) is 13.0. The molecular formula is C18H15ClN4O. The van der Waals surface area contributed by atoms with Crippen molar-refractivity contribution < 1.29 is 0 Å². The van der Waals surface area contributed by atoms with Gasteiger partial charge in [-0.25, -0.2) is 0 Å². The number of rotatable bonds is 1. The zero-order chi connectivity index (χ0) is 16.8. The number of halogens is 1. The van der Waals surface area contributed by atoms with E-state index in [-0.39, 0.29) is 5.56 Å². The lowest BCUT2D eigenvalue weighted by Gasteiger charge is -2.09. The number of fused-ring (bicyclic) bond motifs is 3. The summed E-state index contributed by atoms with van der Waals surface area (Å²) < 4.78 is 3.41. The van der Waals surface area contributed by atoms with Gasteiger partial charge in [0.2, 0.25) is 0 Å². The molecular weight excluding hydrogens is 324 g/mol. The molecule has 3 heterocycles. The first-order valence-electron chi connectivity index (χ1n) is 7.57. The molecule has 5 nitrogen and oxygen atoms in total. The minimum absolute atomic E-state index is 0.0377. The van der Waals surface area contributed by atoms with Crippen LogP contribution in [0.25, 0.3) is 11.1 Å². The van der Waals surface area contributed by atoms with E-state index in [1.807, 2.05) is 48.4 Å². The fourth-order valence-corrected chi connectivity index (χ4v) is 3.16. The summed E-state index contributed by atoms with van der Waals surface area (Å²) in [6, 6.07) is 9.26. The Kier molecular flexibility index (Phi) is 3.39. The highest BCUT2D eigenvalue weighted by atomic mass is 35.5. The van der Waals surface area contributed by atoms with Crippen LogP contribution in [-0.4, -0.2) is 20.1 Å². The Bertz CT molecular complexity index is 1030. The van der Waals surface area contributed by atoms with Gasteiger partial charge >= 0.3 is 0 Å². The maximum absolute atomic E-state index is 12.0. The molecule has 0 N–H and O–H groups in total. The number of aromatic nitrogens is 3. The van der Waals surface area contributed by atoms with Gasteiger partial charge in [0, 0.05) is 48.1 Å². The molecule has 3 aromatic rings. The van der Waals surface area contributed by atoms with E-state index in [1.165, 1.54) is 0 Å². The number of benzene rings is 1. The van der Waals surface area contributed by atoms with E-state index >= 15 is 0 Å². The molecule has 0 radical (unpaired) electrons. The molecule has 0 saturated carbocycles. The Morgan fingerprint density at radius 3 is 2.62 bits per heavy atom. The predicted molar refractivity (Wildman–Crippen MR) is 94.7 cm³/mol. The van der Waals surface area contributed by atoms with Gasteiger partial charge in [-0.05, 0) is 17.7 Å². The van der Waals surface area contributed by atoms with Crippen molar-refractivity contribution in [2.45, 2.75) is 6.54 Å². The highest BCUT2D eigenvalue weighted by Crippen LogP contribution is 2.31. The van der Waals surface area contributed by atoms with E-state index in [1.54, 1.807) is 17.7 Å². The van der Waals surface area contributed by atoms with E-state index in [2.05, 4.69) is 5.10 Å². The minimum atomic E-state index is -0.0377. The number of aryl methyl sites for hydroxylation is 2. The standard InChI is InChI=1S/C18H15ClN4O/c1-22-10-15-12(7-16(22)24)8-20-17(11-3-5-13(19)6-4-11)18-14(15)9-21-23(18)2/h3-7,9-10H,8H2,1-2H3. The SMILES string of the molecule is Cn1ncc2c1C(c1ccc(Cl)cc1)=NCc1cc(=O)n(C)cc1-2. The van der Waals surface area contributed by atoms with Crippen molar-refractivity contribution in [3.05, 3.63) is 74.9 Å². The zero-order valence-electron chi connectivity index (χ0n) is 13.3. The van der Waals surface area contributed by atoms with Gasteiger partial charge in [-0.1, -0.05) is 23.7 Å². The summed E-state index contributed by atoms with van der Waals surface area (Å²) in [5.74, 6) is 0. The van der Waals surface area contributed by atoms with Crippen LogP contribution in [0.2, 0.25) is 5.02 Å². The second-order valence-corrected chi connectivity index (χ2v) is 6.30. The van der Waals surface area contributed by atoms with Crippen LogP contribution in [0.4, 0.5) is 0 Å². The van der Waals surface area contributed by atoms with Crippen LogP contribution in [0.5, 0.6) is 0 Å². The summed E-state index contributed by atoms with van der Waals surface area (Å²) in [4.78, 5) is 16.8. The Morgan fingerprint density at radius 1 is 1.12 bits per heavy atom. The summed E-state index contributed by atoms with van der Waals surface area (Å²) >= 11 is 6.01. The Labute approximate surface area is 143 Å². The largest absolute Gasteiger partial charge is 0.318 e. The van der Waals surface area contributed by atoms with Crippen LogP contribution in [-0.2, 0) is 20.6 Å². The average molecular weight is 339 g/mol. The first kappa shape index (κ1) is 14.9. The third-order valence-electron chi connectivity index (χ3n) is 4.29. The van der Waals surface area contributed by atoms with Gasteiger partial charge in [0.05, 0.1) is 24.1 Å². The molecule has 1 aromatic carbocycles. The monoisotopic (exact) mass is 338 g/mol. The highest BCUT2D eigenvalue weighted by molar-refractivity contribution is 6.30. The van der Waals surface area contributed by atoms with Crippen molar-refractivity contribution in [2.24, 2.45) is 19.1 Å². The molecule has 120 valence electrons. The molecule has 0 saturated heterocycles. The molecule has 0 unspecified atom stereocenters. The number of hydrogen-bond acceptors (Lipinski definition) is 3. The summed E-state index contributed by atoms with van der Waals surface area (Å²) in [5, 5.41) is 5.09. The van der Waals surface area contributed by atoms with E-state index in [0.29, 0.717) is 11.6 Å². The third kappa shape index (κ3) is 2.29. The maximum atomic E-state index is 12.0. The maximum Gasteiger partial charge on any atom is 0.250 e. The lowest BCUT2D eigenvalue weighted by molar-refractivity contribution is 0.759. The molecule has 0 amide bonds. The van der Waals surface area contributed by atoms with Crippen molar-refractivity contribution in [1.29, 1.82) is 0 Å². The molecule has 24 heavy (non-hydrogen) atoms. The molecule has 0 spiro atoms. The van der Waals surface area contributed by atoms with Gasteiger partial charge < -0.3 is 4.57 Å². The van der Waals surface area contributed by atoms with Crippen molar-refractivity contribution >= 4 is 17.3 Å². The highest BCUT2D eigenvalue weighted by Gasteiger charge is 2.23. The third-order valence-corrected chi connectivity index (χ3v) is 4.54. The van der Waals surface area contributed by atoms with Crippen molar-refractivity contribution in [3.8, 4) is 11.1 Å². The van der Waals surface area contributed by atoms with E-state index in [0.717, 1.165) is 33.7 Å². The second kappa shape index (κ2) is 5.46. The lowest BCUT2D eigenvalue weighted by Crippen LogP contribution is -2.16. The van der Waals surface area contributed by atoms with E-state index < -0.39 is 0 Å². The predicted octanol–water partition coefficient (Wildman–Crippen LogP) is 2.79. The Hall–Kier alpha value is -2.66. The Balaban J connectivity index is 1.99. The molecule has 4 rings (SSSR count). The number of hydrogen-bond donors (Lipinski definition) is 0. The van der Waals surface area contributed by atoms with Crippen molar-refractivity contribution in [3.63, 3.8) is 0 Å². The summed E-state index contributed by atoms with van der Waals surface area (Å²) in [6.07, 6.45) is 3.69. The summed E-state index contributed by atoms with van der Waals surface area (Å²) in [6.45, 7) is 0.456. The Morgan fingerprint density at radius 2 is 1.88 bits per heavy atom. The molecule has 0 atom stereocenters. The van der Waals surface area contributed by atoms with Crippen LogP contribution in [0.15, 0.2) is 52.5 Å². The van der Waals surface area contributed by atoms with Crippen LogP contribution < -0.4 is 5.56 Å². The molecule has 0 fully saturated rings. The van der Waals surface area contributed by atoms with Crippen LogP contribution >= 0.6 is 11.6 Å².